The lowest BCUT2D eigenvalue weighted by molar-refractivity contribution is 0.254. The molecule has 0 saturated heterocycles. The number of benzene rings is 1. The Labute approximate surface area is 115 Å². The molecular weight excluding hydrogens is 266 g/mol. The van der Waals surface area contributed by atoms with Crippen molar-refractivity contribution in [1.82, 2.24) is 5.32 Å². The van der Waals surface area contributed by atoms with Gasteiger partial charge in [0.15, 0.2) is 5.22 Å². The summed E-state index contributed by atoms with van der Waals surface area (Å²) in [5.41, 5.74) is 1.65. The number of carbonyl (C=O) groups excluding carboxylic acids is 1. The fraction of sp³-hybridized carbons (Fsp3) is 0.154. The molecule has 3 N–H and O–H groups in total. The normalized spacial score (nSPS) is 10.0. The van der Waals surface area contributed by atoms with Crippen molar-refractivity contribution in [3.8, 4) is 0 Å². The highest BCUT2D eigenvalue weighted by molar-refractivity contribution is 6.28. The van der Waals surface area contributed by atoms with Crippen molar-refractivity contribution in [2.45, 2.75) is 6.54 Å². The molecule has 0 spiro atoms. The van der Waals surface area contributed by atoms with Crippen LogP contribution in [0.1, 0.15) is 5.76 Å². The van der Waals surface area contributed by atoms with Gasteiger partial charge in [0, 0.05) is 18.4 Å². The molecule has 2 amide bonds. The Balaban J connectivity index is 1.89. The van der Waals surface area contributed by atoms with E-state index in [2.05, 4.69) is 16.0 Å². The van der Waals surface area contributed by atoms with Crippen LogP contribution in [-0.4, -0.2) is 13.1 Å². The van der Waals surface area contributed by atoms with Gasteiger partial charge in [-0.25, -0.2) is 4.79 Å². The van der Waals surface area contributed by atoms with Crippen LogP contribution in [0.25, 0.3) is 0 Å². The van der Waals surface area contributed by atoms with Gasteiger partial charge in [0.25, 0.3) is 0 Å². The highest BCUT2D eigenvalue weighted by atomic mass is 35.5. The van der Waals surface area contributed by atoms with Gasteiger partial charge in [-0.05, 0) is 48.0 Å². The molecule has 0 aliphatic rings. The summed E-state index contributed by atoms with van der Waals surface area (Å²) in [6, 6.07) is 10.6. The van der Waals surface area contributed by atoms with Gasteiger partial charge in [-0.1, -0.05) is 0 Å². The Morgan fingerprint density at radius 1 is 1.16 bits per heavy atom. The molecule has 0 saturated carbocycles. The monoisotopic (exact) mass is 279 g/mol. The Morgan fingerprint density at radius 3 is 2.42 bits per heavy atom. The molecule has 0 aliphatic heterocycles. The Bertz CT molecular complexity index is 551. The smallest absolute Gasteiger partial charge is 0.318 e. The molecule has 6 heteroatoms. The maximum absolute atomic E-state index is 11.1. The van der Waals surface area contributed by atoms with Gasteiger partial charge in [-0.2, -0.15) is 0 Å². The summed E-state index contributed by atoms with van der Waals surface area (Å²) in [4.78, 5) is 11.1. The Morgan fingerprint density at radius 2 is 1.84 bits per heavy atom. The van der Waals surface area contributed by atoms with E-state index in [1.165, 1.54) is 0 Å². The van der Waals surface area contributed by atoms with Crippen LogP contribution in [0.15, 0.2) is 40.8 Å². The van der Waals surface area contributed by atoms with Gasteiger partial charge in [0.1, 0.15) is 5.76 Å². The molecular formula is C13H14ClN3O2. The number of anilines is 2. The van der Waals surface area contributed by atoms with E-state index < -0.39 is 0 Å². The van der Waals surface area contributed by atoms with Gasteiger partial charge < -0.3 is 20.4 Å². The van der Waals surface area contributed by atoms with E-state index in [0.29, 0.717) is 11.8 Å². The summed E-state index contributed by atoms with van der Waals surface area (Å²) < 4.78 is 5.23. The first kappa shape index (κ1) is 13.3. The zero-order chi connectivity index (χ0) is 13.7. The molecule has 19 heavy (non-hydrogen) atoms. The second-order valence-electron chi connectivity index (χ2n) is 3.84. The number of urea groups is 1. The average molecular weight is 280 g/mol. The van der Waals surface area contributed by atoms with E-state index in [9.17, 15) is 4.79 Å². The van der Waals surface area contributed by atoms with Crippen LogP contribution in [0.3, 0.4) is 0 Å². The molecule has 0 aliphatic carbocycles. The molecule has 1 aromatic carbocycles. The maximum Gasteiger partial charge on any atom is 0.318 e. The second kappa shape index (κ2) is 6.15. The minimum absolute atomic E-state index is 0.245. The Hall–Kier alpha value is -2.14. The Kier molecular flexibility index (Phi) is 4.30. The van der Waals surface area contributed by atoms with Crippen LogP contribution in [0, 0.1) is 0 Å². The van der Waals surface area contributed by atoms with Crippen LogP contribution in [0.2, 0.25) is 5.22 Å². The van der Waals surface area contributed by atoms with Crippen molar-refractivity contribution in [3.05, 3.63) is 47.4 Å². The zero-order valence-electron chi connectivity index (χ0n) is 10.4. The van der Waals surface area contributed by atoms with Crippen molar-refractivity contribution in [2.24, 2.45) is 0 Å². The van der Waals surface area contributed by atoms with Crippen LogP contribution in [-0.2, 0) is 6.54 Å². The summed E-state index contributed by atoms with van der Waals surface area (Å²) in [5.74, 6) is 0.762. The first-order valence-corrected chi connectivity index (χ1v) is 6.12. The van der Waals surface area contributed by atoms with Crippen LogP contribution >= 0.6 is 11.6 Å². The van der Waals surface area contributed by atoms with E-state index in [-0.39, 0.29) is 6.03 Å². The number of hydrogen-bond acceptors (Lipinski definition) is 3. The number of furan rings is 1. The molecule has 0 bridgehead atoms. The third-order valence-electron chi connectivity index (χ3n) is 2.47. The number of hydrogen-bond donors (Lipinski definition) is 3. The predicted molar refractivity (Wildman–Crippen MR) is 75.6 cm³/mol. The SMILES string of the molecule is CNC(=O)Nc1ccc(NCc2ccc(Cl)o2)cc1. The van der Waals surface area contributed by atoms with Gasteiger partial charge in [-0.15, -0.1) is 0 Å². The molecule has 1 aromatic heterocycles. The van der Waals surface area contributed by atoms with Gasteiger partial charge >= 0.3 is 6.03 Å². The highest BCUT2D eigenvalue weighted by Crippen LogP contribution is 2.17. The summed E-state index contributed by atoms with van der Waals surface area (Å²) in [7, 11) is 1.57. The molecule has 100 valence electrons. The second-order valence-corrected chi connectivity index (χ2v) is 4.21. The molecule has 2 rings (SSSR count). The van der Waals surface area contributed by atoms with Crippen molar-refractivity contribution in [1.29, 1.82) is 0 Å². The van der Waals surface area contributed by atoms with Crippen molar-refractivity contribution in [3.63, 3.8) is 0 Å². The molecule has 0 unspecified atom stereocenters. The van der Waals surface area contributed by atoms with Gasteiger partial charge in [0.2, 0.25) is 0 Å². The minimum atomic E-state index is -0.245. The van der Waals surface area contributed by atoms with Crippen LogP contribution < -0.4 is 16.0 Å². The van der Waals surface area contributed by atoms with Gasteiger partial charge in [-0.3, -0.25) is 0 Å². The quantitative estimate of drug-likeness (QED) is 0.804. The molecule has 2 aromatic rings. The number of rotatable bonds is 4. The van der Waals surface area contributed by atoms with E-state index in [4.69, 9.17) is 16.0 Å². The fourth-order valence-corrected chi connectivity index (χ4v) is 1.66. The third kappa shape index (κ3) is 3.93. The van der Waals surface area contributed by atoms with E-state index >= 15 is 0 Å². The minimum Gasteiger partial charge on any atom is -0.448 e. The van der Waals surface area contributed by atoms with Crippen LogP contribution in [0.4, 0.5) is 16.2 Å². The summed E-state index contributed by atoms with van der Waals surface area (Å²) in [5, 5.41) is 8.73. The number of halogens is 1. The van der Waals surface area contributed by atoms with Crippen molar-refractivity contribution in [2.75, 3.05) is 17.7 Å². The summed E-state index contributed by atoms with van der Waals surface area (Å²) >= 11 is 5.68. The van der Waals surface area contributed by atoms with Gasteiger partial charge in [0.05, 0.1) is 6.54 Å². The molecule has 1 heterocycles. The maximum atomic E-state index is 11.1. The van der Waals surface area contributed by atoms with E-state index in [0.717, 1.165) is 17.1 Å². The van der Waals surface area contributed by atoms with E-state index in [1.807, 2.05) is 30.3 Å². The zero-order valence-corrected chi connectivity index (χ0v) is 11.1. The first-order valence-electron chi connectivity index (χ1n) is 5.74. The third-order valence-corrected chi connectivity index (χ3v) is 2.67. The topological polar surface area (TPSA) is 66.3 Å². The average Bonchev–Trinajstić information content (AvgIpc) is 2.83. The standard InChI is InChI=1S/C13H14ClN3O2/c1-15-13(18)17-10-4-2-9(3-5-10)16-8-11-6-7-12(14)19-11/h2-7,16H,8H2,1H3,(H2,15,17,18). The lowest BCUT2D eigenvalue weighted by Crippen LogP contribution is -2.24. The fourth-order valence-electron chi connectivity index (χ4n) is 1.50. The van der Waals surface area contributed by atoms with E-state index in [1.54, 1.807) is 13.1 Å². The summed E-state index contributed by atoms with van der Waals surface area (Å²) in [6.07, 6.45) is 0. The molecule has 5 nitrogen and oxygen atoms in total. The first-order chi connectivity index (χ1) is 9.17. The predicted octanol–water partition coefficient (Wildman–Crippen LogP) is 3.30. The lowest BCUT2D eigenvalue weighted by atomic mass is 10.2. The van der Waals surface area contributed by atoms with Crippen molar-refractivity contribution >= 4 is 29.0 Å². The number of nitrogens with one attached hydrogen (secondary N) is 3. The summed E-state index contributed by atoms with van der Waals surface area (Å²) in [6.45, 7) is 0.551. The van der Waals surface area contributed by atoms with Crippen molar-refractivity contribution < 1.29 is 9.21 Å². The largest absolute Gasteiger partial charge is 0.448 e. The lowest BCUT2D eigenvalue weighted by Gasteiger charge is -2.07. The molecule has 0 atom stereocenters. The van der Waals surface area contributed by atoms with Crippen LogP contribution in [0.5, 0.6) is 0 Å². The molecule has 0 fully saturated rings. The number of amides is 2. The highest BCUT2D eigenvalue weighted by Gasteiger charge is 2.01. The molecule has 0 radical (unpaired) electrons. The number of carbonyl (C=O) groups is 1.